The Hall–Kier alpha value is -3.00. The smallest absolute Gasteiger partial charge is 0.342 e. The second-order valence-corrected chi connectivity index (χ2v) is 5.24. The van der Waals surface area contributed by atoms with Crippen LogP contribution >= 0.6 is 11.6 Å². The summed E-state index contributed by atoms with van der Waals surface area (Å²) in [6.45, 7) is 0.731. The second kappa shape index (κ2) is 8.74. The maximum Gasteiger partial charge on any atom is 0.342 e. The Morgan fingerprint density at radius 3 is 2.28 bits per heavy atom. The van der Waals surface area contributed by atoms with Crippen molar-refractivity contribution in [2.24, 2.45) is 0 Å². The third-order valence-corrected chi connectivity index (χ3v) is 3.19. The first-order valence-corrected chi connectivity index (χ1v) is 7.51. The largest absolute Gasteiger partial charge is 0.484 e. The summed E-state index contributed by atoms with van der Waals surface area (Å²) in [4.78, 5) is 34.8. The molecular weight excluding hydrogens is 352 g/mol. The zero-order valence-corrected chi connectivity index (χ0v) is 14.0. The van der Waals surface area contributed by atoms with Crippen LogP contribution in [0.1, 0.15) is 16.1 Å². The molecular formula is C16H15ClN2O6. The molecule has 0 spiro atoms. The molecule has 0 radical (unpaired) electrons. The van der Waals surface area contributed by atoms with E-state index in [4.69, 9.17) is 25.5 Å². The SMILES string of the molecule is Cc1occc1C(=O)OCC(=O)NNC(=O)COc1ccc(Cl)cc1. The second-order valence-electron chi connectivity index (χ2n) is 4.81. The van der Waals surface area contributed by atoms with Crippen LogP contribution in [0, 0.1) is 6.92 Å². The highest BCUT2D eigenvalue weighted by molar-refractivity contribution is 6.30. The Morgan fingerprint density at radius 1 is 1.04 bits per heavy atom. The predicted molar refractivity (Wildman–Crippen MR) is 87.0 cm³/mol. The van der Waals surface area contributed by atoms with Gasteiger partial charge in [0.25, 0.3) is 11.8 Å². The van der Waals surface area contributed by atoms with Gasteiger partial charge >= 0.3 is 5.97 Å². The van der Waals surface area contributed by atoms with Crippen molar-refractivity contribution in [1.29, 1.82) is 0 Å². The lowest BCUT2D eigenvalue weighted by Crippen LogP contribution is -2.45. The first kappa shape index (κ1) is 18.3. The molecule has 2 aromatic rings. The monoisotopic (exact) mass is 366 g/mol. The summed E-state index contributed by atoms with van der Waals surface area (Å²) in [5.74, 6) is -1.14. The number of amides is 2. The average Bonchev–Trinajstić information content (AvgIpc) is 3.03. The van der Waals surface area contributed by atoms with Gasteiger partial charge in [-0.05, 0) is 37.3 Å². The van der Waals surface area contributed by atoms with Gasteiger partial charge in [0.05, 0.1) is 6.26 Å². The molecule has 132 valence electrons. The summed E-state index contributed by atoms with van der Waals surface area (Å²) < 4.78 is 15.0. The quantitative estimate of drug-likeness (QED) is 0.594. The van der Waals surface area contributed by atoms with Crippen LogP contribution in [-0.4, -0.2) is 31.0 Å². The number of esters is 1. The summed E-state index contributed by atoms with van der Waals surface area (Å²) in [5.41, 5.74) is 4.47. The third kappa shape index (κ3) is 5.85. The maximum absolute atomic E-state index is 11.7. The molecule has 0 aliphatic carbocycles. The molecule has 1 heterocycles. The van der Waals surface area contributed by atoms with Gasteiger partial charge in [-0.2, -0.15) is 0 Å². The van der Waals surface area contributed by atoms with Crippen molar-refractivity contribution in [2.75, 3.05) is 13.2 Å². The van der Waals surface area contributed by atoms with E-state index in [2.05, 4.69) is 10.9 Å². The molecule has 0 atom stereocenters. The Morgan fingerprint density at radius 2 is 1.68 bits per heavy atom. The molecule has 8 nitrogen and oxygen atoms in total. The lowest BCUT2D eigenvalue weighted by atomic mass is 10.3. The van der Waals surface area contributed by atoms with Gasteiger partial charge in [0, 0.05) is 5.02 Å². The molecule has 2 rings (SSSR count). The molecule has 0 fully saturated rings. The molecule has 0 aliphatic rings. The number of hydrazine groups is 1. The lowest BCUT2D eigenvalue weighted by Gasteiger charge is -2.09. The van der Waals surface area contributed by atoms with E-state index in [0.29, 0.717) is 16.5 Å². The molecule has 2 N–H and O–H groups in total. The average molecular weight is 367 g/mol. The molecule has 25 heavy (non-hydrogen) atoms. The number of halogens is 1. The summed E-state index contributed by atoms with van der Waals surface area (Å²) in [5, 5.41) is 0.546. The van der Waals surface area contributed by atoms with Crippen molar-refractivity contribution >= 4 is 29.4 Å². The molecule has 0 saturated carbocycles. The first-order chi connectivity index (χ1) is 12.0. The van der Waals surface area contributed by atoms with Crippen molar-refractivity contribution in [3.8, 4) is 5.75 Å². The van der Waals surface area contributed by atoms with E-state index in [-0.39, 0.29) is 12.2 Å². The van der Waals surface area contributed by atoms with E-state index in [1.54, 1.807) is 31.2 Å². The summed E-state index contributed by atoms with van der Waals surface area (Å²) >= 11 is 5.73. The van der Waals surface area contributed by atoms with Gasteiger partial charge in [0.15, 0.2) is 13.2 Å². The molecule has 1 aromatic carbocycles. The van der Waals surface area contributed by atoms with Crippen molar-refractivity contribution in [3.63, 3.8) is 0 Å². The third-order valence-electron chi connectivity index (χ3n) is 2.94. The lowest BCUT2D eigenvalue weighted by molar-refractivity contribution is -0.131. The van der Waals surface area contributed by atoms with E-state index in [9.17, 15) is 14.4 Å². The molecule has 0 saturated heterocycles. The Kier molecular flexibility index (Phi) is 6.41. The Bertz CT molecular complexity index is 756. The molecule has 0 unspecified atom stereocenters. The van der Waals surface area contributed by atoms with Gasteiger partial charge in [-0.25, -0.2) is 4.79 Å². The summed E-state index contributed by atoms with van der Waals surface area (Å²) in [7, 11) is 0. The number of carbonyl (C=O) groups is 3. The summed E-state index contributed by atoms with van der Waals surface area (Å²) in [6, 6.07) is 7.88. The van der Waals surface area contributed by atoms with Gasteiger partial charge in [-0.3, -0.25) is 20.4 Å². The number of benzene rings is 1. The fourth-order valence-electron chi connectivity index (χ4n) is 1.70. The molecule has 0 aliphatic heterocycles. The van der Waals surface area contributed by atoms with Crippen LogP contribution in [0.4, 0.5) is 0 Å². The molecule has 1 aromatic heterocycles. The van der Waals surface area contributed by atoms with Crippen LogP contribution in [0.3, 0.4) is 0 Å². The van der Waals surface area contributed by atoms with Crippen molar-refractivity contribution < 1.29 is 28.3 Å². The fraction of sp³-hybridized carbons (Fsp3) is 0.188. The minimum atomic E-state index is -0.700. The van der Waals surface area contributed by atoms with Gasteiger partial charge < -0.3 is 13.9 Å². The van der Waals surface area contributed by atoms with Crippen molar-refractivity contribution in [3.05, 3.63) is 52.9 Å². The van der Waals surface area contributed by atoms with Gasteiger partial charge in [0.1, 0.15) is 17.1 Å². The zero-order valence-electron chi connectivity index (χ0n) is 13.2. The predicted octanol–water partition coefficient (Wildman–Crippen LogP) is 1.62. The number of rotatable bonds is 6. The van der Waals surface area contributed by atoms with E-state index in [0.717, 1.165) is 0 Å². The molecule has 2 amide bonds. The number of aryl methyl sites for hydroxylation is 1. The normalized spacial score (nSPS) is 10.0. The van der Waals surface area contributed by atoms with Crippen LogP contribution < -0.4 is 15.6 Å². The van der Waals surface area contributed by atoms with Gasteiger partial charge in [0.2, 0.25) is 0 Å². The number of ether oxygens (including phenoxy) is 2. The topological polar surface area (TPSA) is 107 Å². The van der Waals surface area contributed by atoms with Crippen LogP contribution in [0.15, 0.2) is 41.0 Å². The van der Waals surface area contributed by atoms with Gasteiger partial charge in [-0.1, -0.05) is 11.6 Å². The van der Waals surface area contributed by atoms with Crippen molar-refractivity contribution in [2.45, 2.75) is 6.92 Å². The van der Waals surface area contributed by atoms with Crippen LogP contribution in [0.2, 0.25) is 5.02 Å². The summed E-state index contributed by atoms with van der Waals surface area (Å²) in [6.07, 6.45) is 1.34. The highest BCUT2D eigenvalue weighted by Crippen LogP contribution is 2.15. The van der Waals surface area contributed by atoms with Crippen LogP contribution in [0.5, 0.6) is 5.75 Å². The van der Waals surface area contributed by atoms with Crippen molar-refractivity contribution in [1.82, 2.24) is 10.9 Å². The zero-order chi connectivity index (χ0) is 18.2. The van der Waals surface area contributed by atoms with E-state index in [1.807, 2.05) is 0 Å². The van der Waals surface area contributed by atoms with Crippen LogP contribution in [-0.2, 0) is 14.3 Å². The van der Waals surface area contributed by atoms with Crippen LogP contribution in [0.25, 0.3) is 0 Å². The Labute approximate surface area is 148 Å². The Balaban J connectivity index is 1.65. The molecule has 9 heteroatoms. The highest BCUT2D eigenvalue weighted by Gasteiger charge is 2.15. The van der Waals surface area contributed by atoms with E-state index >= 15 is 0 Å². The minimum Gasteiger partial charge on any atom is -0.484 e. The maximum atomic E-state index is 11.7. The number of furan rings is 1. The number of hydrogen-bond donors (Lipinski definition) is 2. The highest BCUT2D eigenvalue weighted by atomic mass is 35.5. The molecule has 0 bridgehead atoms. The number of carbonyl (C=O) groups excluding carboxylic acids is 3. The van der Waals surface area contributed by atoms with Gasteiger partial charge in [-0.15, -0.1) is 0 Å². The first-order valence-electron chi connectivity index (χ1n) is 7.13. The standard InChI is InChI=1S/C16H15ClN2O6/c1-10-13(6-7-23-10)16(22)25-9-15(21)19-18-14(20)8-24-12-4-2-11(17)3-5-12/h2-7H,8-9H2,1H3,(H,18,20)(H,19,21). The fourth-order valence-corrected chi connectivity index (χ4v) is 1.82. The van der Waals surface area contributed by atoms with E-state index < -0.39 is 24.4 Å². The van der Waals surface area contributed by atoms with E-state index in [1.165, 1.54) is 12.3 Å². The number of nitrogens with one attached hydrogen (secondary N) is 2. The minimum absolute atomic E-state index is 0.230. The number of hydrogen-bond acceptors (Lipinski definition) is 6.